The van der Waals surface area contributed by atoms with E-state index in [1.165, 1.54) is 0 Å². The Morgan fingerprint density at radius 2 is 1.80 bits per heavy atom. The first-order chi connectivity index (χ1) is 12.1. The van der Waals surface area contributed by atoms with Crippen LogP contribution in [0.1, 0.15) is 27.8 Å². The van der Waals surface area contributed by atoms with Crippen molar-refractivity contribution in [3.63, 3.8) is 0 Å². The lowest BCUT2D eigenvalue weighted by molar-refractivity contribution is 0.0954. The normalized spacial score (nSPS) is 10.4. The molecule has 0 unspecified atom stereocenters. The van der Waals surface area contributed by atoms with E-state index in [0.29, 0.717) is 28.6 Å². The lowest BCUT2D eigenvalue weighted by Gasteiger charge is -2.08. The lowest BCUT2D eigenvalue weighted by atomic mass is 10.1. The maximum atomic E-state index is 12.4. The fourth-order valence-electron chi connectivity index (χ4n) is 2.53. The smallest absolute Gasteiger partial charge is 0.272 e. The number of aromatic amines is 1. The largest absolute Gasteiger partial charge is 0.352 e. The van der Waals surface area contributed by atoms with Crippen molar-refractivity contribution in [3.05, 3.63) is 76.2 Å². The van der Waals surface area contributed by atoms with E-state index >= 15 is 0 Å². The van der Waals surface area contributed by atoms with E-state index in [9.17, 15) is 14.4 Å². The van der Waals surface area contributed by atoms with Gasteiger partial charge in [-0.05, 0) is 42.6 Å². The van der Waals surface area contributed by atoms with Gasteiger partial charge in [-0.25, -0.2) is 0 Å². The predicted octanol–water partition coefficient (Wildman–Crippen LogP) is 2.53. The van der Waals surface area contributed by atoms with Gasteiger partial charge in [0.15, 0.2) is 0 Å². The Morgan fingerprint density at radius 3 is 2.60 bits per heavy atom. The Labute approximate surface area is 143 Å². The maximum Gasteiger partial charge on any atom is 0.272 e. The first-order valence-corrected chi connectivity index (χ1v) is 7.90. The molecule has 25 heavy (non-hydrogen) atoms. The number of H-pyrrole nitrogens is 1. The van der Waals surface area contributed by atoms with Crippen LogP contribution >= 0.6 is 0 Å². The highest BCUT2D eigenvalue weighted by Crippen LogP contribution is 2.14. The van der Waals surface area contributed by atoms with E-state index < -0.39 is 5.91 Å². The number of hydrogen-bond acceptors (Lipinski definition) is 3. The highest BCUT2D eigenvalue weighted by molar-refractivity contribution is 6.05. The highest BCUT2D eigenvalue weighted by Gasteiger charge is 2.11. The molecule has 0 aliphatic carbocycles. The fraction of sp³-hybridized carbons (Fsp3) is 0.105. The number of carbonyl (C=O) groups is 2. The van der Waals surface area contributed by atoms with Crippen molar-refractivity contribution in [1.82, 2.24) is 10.3 Å². The van der Waals surface area contributed by atoms with Crippen molar-refractivity contribution < 1.29 is 9.59 Å². The molecule has 0 aliphatic rings. The number of hydrogen-bond donors (Lipinski definition) is 3. The predicted molar refractivity (Wildman–Crippen MR) is 97.0 cm³/mol. The molecule has 126 valence electrons. The lowest BCUT2D eigenvalue weighted by Crippen LogP contribution is -2.23. The number of anilines is 1. The molecule has 6 nitrogen and oxygen atoms in total. The van der Waals surface area contributed by atoms with Crippen LogP contribution < -0.4 is 16.2 Å². The molecule has 2 amide bonds. The molecule has 0 saturated carbocycles. The van der Waals surface area contributed by atoms with Crippen LogP contribution in [0.4, 0.5) is 5.69 Å². The Kier molecular flexibility index (Phi) is 4.61. The number of rotatable bonds is 4. The second-order valence-corrected chi connectivity index (χ2v) is 5.49. The summed E-state index contributed by atoms with van der Waals surface area (Å²) in [5.74, 6) is -0.659. The summed E-state index contributed by atoms with van der Waals surface area (Å²) in [6, 6.07) is 15.3. The zero-order chi connectivity index (χ0) is 17.8. The van der Waals surface area contributed by atoms with E-state index in [4.69, 9.17) is 0 Å². The summed E-state index contributed by atoms with van der Waals surface area (Å²) in [7, 11) is 0. The van der Waals surface area contributed by atoms with Gasteiger partial charge in [0.1, 0.15) is 5.69 Å². The van der Waals surface area contributed by atoms with E-state index in [1.807, 2.05) is 6.92 Å². The molecule has 3 aromatic rings. The number of amides is 2. The third kappa shape index (κ3) is 3.58. The SMILES string of the molecule is CCNC(=O)c1cccc(NC(=O)c2cc3ccccc3c(=O)[nH]2)c1. The quantitative estimate of drug-likeness (QED) is 0.684. The molecule has 1 aromatic heterocycles. The van der Waals surface area contributed by atoms with Gasteiger partial charge in [0.2, 0.25) is 0 Å². The van der Waals surface area contributed by atoms with E-state index in [2.05, 4.69) is 15.6 Å². The minimum Gasteiger partial charge on any atom is -0.352 e. The first kappa shape index (κ1) is 16.4. The molecule has 0 spiro atoms. The topological polar surface area (TPSA) is 91.1 Å². The van der Waals surface area contributed by atoms with Gasteiger partial charge in [0.25, 0.3) is 17.4 Å². The number of aromatic nitrogens is 1. The molecule has 0 bridgehead atoms. The van der Waals surface area contributed by atoms with Gasteiger partial charge in [-0.1, -0.05) is 24.3 Å². The molecule has 3 N–H and O–H groups in total. The molecular formula is C19H17N3O3. The van der Waals surface area contributed by atoms with Crippen molar-refractivity contribution in [3.8, 4) is 0 Å². The van der Waals surface area contributed by atoms with Crippen LogP contribution in [0.2, 0.25) is 0 Å². The number of pyridine rings is 1. The molecule has 0 fully saturated rings. The number of carbonyl (C=O) groups excluding carboxylic acids is 2. The summed E-state index contributed by atoms with van der Waals surface area (Å²) < 4.78 is 0. The van der Waals surface area contributed by atoms with Gasteiger partial charge in [-0.2, -0.15) is 0 Å². The van der Waals surface area contributed by atoms with Crippen LogP contribution in [0.25, 0.3) is 10.8 Å². The minimum atomic E-state index is -0.448. The minimum absolute atomic E-state index is 0.159. The molecule has 6 heteroatoms. The monoisotopic (exact) mass is 335 g/mol. The molecule has 0 saturated heterocycles. The second kappa shape index (κ2) is 7.00. The molecule has 2 aromatic carbocycles. The van der Waals surface area contributed by atoms with Crippen molar-refractivity contribution >= 4 is 28.3 Å². The number of nitrogens with one attached hydrogen (secondary N) is 3. The van der Waals surface area contributed by atoms with Crippen molar-refractivity contribution in [1.29, 1.82) is 0 Å². The zero-order valence-electron chi connectivity index (χ0n) is 13.6. The Hall–Kier alpha value is -3.41. The summed E-state index contributed by atoms with van der Waals surface area (Å²) in [6.45, 7) is 2.35. The zero-order valence-corrected chi connectivity index (χ0v) is 13.6. The van der Waals surface area contributed by atoms with Gasteiger partial charge < -0.3 is 15.6 Å². The van der Waals surface area contributed by atoms with Crippen molar-refractivity contribution in [2.45, 2.75) is 6.92 Å². The standard InChI is InChI=1S/C19H17N3O3/c1-2-20-17(23)13-7-5-8-14(10-13)21-19(25)16-11-12-6-3-4-9-15(12)18(24)22-16/h3-11H,2H2,1H3,(H,20,23)(H,21,25)(H,22,24). The Morgan fingerprint density at radius 1 is 1.00 bits per heavy atom. The van der Waals surface area contributed by atoms with Gasteiger partial charge >= 0.3 is 0 Å². The summed E-state index contributed by atoms with van der Waals surface area (Å²) in [5.41, 5.74) is 0.765. The number of fused-ring (bicyclic) bond motifs is 1. The molecule has 0 aliphatic heterocycles. The summed E-state index contributed by atoms with van der Waals surface area (Å²) in [5, 5.41) is 6.61. The van der Waals surface area contributed by atoms with E-state index in [1.54, 1.807) is 54.6 Å². The van der Waals surface area contributed by atoms with Gasteiger partial charge in [-0.15, -0.1) is 0 Å². The molecular weight excluding hydrogens is 318 g/mol. The second-order valence-electron chi connectivity index (χ2n) is 5.49. The maximum absolute atomic E-state index is 12.4. The first-order valence-electron chi connectivity index (χ1n) is 7.90. The van der Waals surface area contributed by atoms with Crippen molar-refractivity contribution in [2.75, 3.05) is 11.9 Å². The molecule has 1 heterocycles. The van der Waals surface area contributed by atoms with Crippen LogP contribution in [-0.2, 0) is 0 Å². The number of benzene rings is 2. The fourth-order valence-corrected chi connectivity index (χ4v) is 2.53. The molecule has 0 radical (unpaired) electrons. The molecule has 0 atom stereocenters. The average molecular weight is 335 g/mol. The molecule has 3 rings (SSSR count). The van der Waals surface area contributed by atoms with Gasteiger partial charge in [-0.3, -0.25) is 14.4 Å². The van der Waals surface area contributed by atoms with Crippen LogP contribution in [0.3, 0.4) is 0 Å². The van der Waals surface area contributed by atoms with Gasteiger partial charge in [0, 0.05) is 23.2 Å². The van der Waals surface area contributed by atoms with Gasteiger partial charge in [0.05, 0.1) is 0 Å². The third-order valence-corrected chi connectivity index (χ3v) is 3.72. The average Bonchev–Trinajstić information content (AvgIpc) is 2.62. The Bertz CT molecular complexity index is 1010. The summed E-state index contributed by atoms with van der Waals surface area (Å²) in [6.07, 6.45) is 0. The van der Waals surface area contributed by atoms with Crippen LogP contribution in [0, 0.1) is 0 Å². The van der Waals surface area contributed by atoms with Crippen LogP contribution in [-0.4, -0.2) is 23.3 Å². The van der Waals surface area contributed by atoms with E-state index in [0.717, 1.165) is 0 Å². The van der Waals surface area contributed by atoms with E-state index in [-0.39, 0.29) is 17.2 Å². The Balaban J connectivity index is 1.87. The van der Waals surface area contributed by atoms with Crippen LogP contribution in [0.15, 0.2) is 59.4 Å². The summed E-state index contributed by atoms with van der Waals surface area (Å²) in [4.78, 5) is 39.0. The highest BCUT2D eigenvalue weighted by atomic mass is 16.2. The van der Waals surface area contributed by atoms with Crippen molar-refractivity contribution in [2.24, 2.45) is 0 Å². The van der Waals surface area contributed by atoms with Crippen LogP contribution in [0.5, 0.6) is 0 Å². The summed E-state index contributed by atoms with van der Waals surface area (Å²) >= 11 is 0. The third-order valence-electron chi connectivity index (χ3n) is 3.72.